The number of aromatic nitrogens is 3. The van der Waals surface area contributed by atoms with E-state index in [1.165, 1.54) is 12.8 Å². The van der Waals surface area contributed by atoms with E-state index in [1.54, 1.807) is 0 Å². The molecule has 2 aromatic heterocycles. The summed E-state index contributed by atoms with van der Waals surface area (Å²) in [6, 6.07) is 16.0. The average Bonchev–Trinajstić information content (AvgIpc) is 3.20. The number of benzene rings is 2. The first-order chi connectivity index (χ1) is 12.7. The smallest absolute Gasteiger partial charge is 0.0978 e. The fourth-order valence-electron chi connectivity index (χ4n) is 3.43. The van der Waals surface area contributed by atoms with Gasteiger partial charge in [-0.1, -0.05) is 41.4 Å². The van der Waals surface area contributed by atoms with Crippen molar-refractivity contribution in [2.24, 2.45) is 5.92 Å². The Morgan fingerprint density at radius 3 is 2.54 bits per heavy atom. The Kier molecular flexibility index (Phi) is 3.80. The summed E-state index contributed by atoms with van der Waals surface area (Å²) < 4.78 is 2.27. The third kappa shape index (κ3) is 2.91. The van der Waals surface area contributed by atoms with E-state index in [-0.39, 0.29) is 0 Å². The summed E-state index contributed by atoms with van der Waals surface area (Å²) in [6.07, 6.45) is 4.56. The van der Waals surface area contributed by atoms with Gasteiger partial charge in [-0.15, -0.1) is 0 Å². The first kappa shape index (κ1) is 16.0. The summed E-state index contributed by atoms with van der Waals surface area (Å²) in [5.41, 5.74) is 5.25. The molecule has 1 N–H and O–H groups in total. The SMILES string of the molecule is Clc1ccc(-c2ncn(CC3CC3)c2-c2cc3ccc(Cl)cc3[nH]2)cc1. The third-order valence-electron chi connectivity index (χ3n) is 4.95. The second-order valence-electron chi connectivity index (χ2n) is 6.96. The molecular formula is C21H17Cl2N3. The third-order valence-corrected chi connectivity index (χ3v) is 5.43. The van der Waals surface area contributed by atoms with Crippen molar-refractivity contribution in [2.75, 3.05) is 0 Å². The van der Waals surface area contributed by atoms with E-state index in [2.05, 4.69) is 15.6 Å². The van der Waals surface area contributed by atoms with Gasteiger partial charge in [-0.25, -0.2) is 4.98 Å². The molecule has 0 saturated heterocycles. The van der Waals surface area contributed by atoms with Gasteiger partial charge in [0.25, 0.3) is 0 Å². The van der Waals surface area contributed by atoms with Gasteiger partial charge in [-0.2, -0.15) is 0 Å². The fourth-order valence-corrected chi connectivity index (χ4v) is 3.73. The molecule has 0 atom stereocenters. The van der Waals surface area contributed by atoms with E-state index in [1.807, 2.05) is 48.8 Å². The number of nitrogens with zero attached hydrogens (tertiary/aromatic N) is 2. The number of imidazole rings is 1. The highest BCUT2D eigenvalue weighted by Gasteiger charge is 2.25. The van der Waals surface area contributed by atoms with Crippen molar-refractivity contribution in [1.82, 2.24) is 14.5 Å². The molecule has 5 rings (SSSR count). The first-order valence-electron chi connectivity index (χ1n) is 8.77. The van der Waals surface area contributed by atoms with E-state index in [0.29, 0.717) is 0 Å². The Morgan fingerprint density at radius 1 is 1.00 bits per heavy atom. The Labute approximate surface area is 161 Å². The molecule has 0 radical (unpaired) electrons. The highest BCUT2D eigenvalue weighted by Crippen LogP contribution is 2.37. The molecule has 1 saturated carbocycles. The van der Waals surface area contributed by atoms with Crippen LogP contribution in [0.15, 0.2) is 54.9 Å². The Balaban J connectivity index is 1.68. The molecule has 0 bridgehead atoms. The summed E-state index contributed by atoms with van der Waals surface area (Å²) in [5.74, 6) is 0.764. The zero-order chi connectivity index (χ0) is 17.7. The quantitative estimate of drug-likeness (QED) is 0.434. The second-order valence-corrected chi connectivity index (χ2v) is 7.83. The summed E-state index contributed by atoms with van der Waals surface area (Å²) in [6.45, 7) is 1.01. The minimum absolute atomic E-state index is 0.730. The van der Waals surface area contributed by atoms with E-state index < -0.39 is 0 Å². The van der Waals surface area contributed by atoms with Crippen LogP contribution in [0.3, 0.4) is 0 Å². The molecule has 1 fully saturated rings. The van der Waals surface area contributed by atoms with Crippen LogP contribution in [0.5, 0.6) is 0 Å². The average molecular weight is 382 g/mol. The van der Waals surface area contributed by atoms with Gasteiger partial charge in [0.15, 0.2) is 0 Å². The highest BCUT2D eigenvalue weighted by molar-refractivity contribution is 6.31. The van der Waals surface area contributed by atoms with Gasteiger partial charge in [-0.05, 0) is 49.1 Å². The van der Waals surface area contributed by atoms with Crippen LogP contribution in [0.1, 0.15) is 12.8 Å². The molecule has 0 aliphatic heterocycles. The Hall–Kier alpha value is -2.23. The maximum absolute atomic E-state index is 6.15. The van der Waals surface area contributed by atoms with E-state index in [4.69, 9.17) is 28.2 Å². The van der Waals surface area contributed by atoms with Crippen molar-refractivity contribution in [3.63, 3.8) is 0 Å². The monoisotopic (exact) mass is 381 g/mol. The lowest BCUT2D eigenvalue weighted by molar-refractivity contribution is 0.631. The van der Waals surface area contributed by atoms with Crippen LogP contribution >= 0.6 is 23.2 Å². The van der Waals surface area contributed by atoms with Crippen molar-refractivity contribution in [3.05, 3.63) is 64.9 Å². The van der Waals surface area contributed by atoms with Gasteiger partial charge in [0.05, 0.1) is 23.4 Å². The molecule has 130 valence electrons. The van der Waals surface area contributed by atoms with Crippen molar-refractivity contribution in [2.45, 2.75) is 19.4 Å². The summed E-state index contributed by atoms with van der Waals surface area (Å²) >= 11 is 12.2. The fraction of sp³-hybridized carbons (Fsp3) is 0.190. The topological polar surface area (TPSA) is 33.6 Å². The molecule has 5 heteroatoms. The van der Waals surface area contributed by atoms with Crippen LogP contribution in [-0.2, 0) is 6.54 Å². The zero-order valence-electron chi connectivity index (χ0n) is 14.0. The van der Waals surface area contributed by atoms with Crippen LogP contribution in [-0.4, -0.2) is 14.5 Å². The number of nitrogens with one attached hydrogen (secondary N) is 1. The number of rotatable bonds is 4. The van der Waals surface area contributed by atoms with Gasteiger partial charge in [0, 0.05) is 33.1 Å². The van der Waals surface area contributed by atoms with Crippen LogP contribution in [0, 0.1) is 5.92 Å². The predicted octanol–water partition coefficient (Wildman–Crippen LogP) is 6.42. The van der Waals surface area contributed by atoms with Gasteiger partial charge in [-0.3, -0.25) is 0 Å². The van der Waals surface area contributed by atoms with Gasteiger partial charge in [0.2, 0.25) is 0 Å². The standard InChI is InChI=1S/C21H17Cl2N3/c22-16-6-3-14(4-7-16)20-21(26(12-24-20)11-13-1-2-13)19-9-15-5-8-17(23)10-18(15)25-19/h3-10,12-13,25H,1-2,11H2. The molecule has 1 aliphatic carbocycles. The van der Waals surface area contributed by atoms with Gasteiger partial charge < -0.3 is 9.55 Å². The maximum Gasteiger partial charge on any atom is 0.0978 e. The molecule has 26 heavy (non-hydrogen) atoms. The molecule has 0 amide bonds. The lowest BCUT2D eigenvalue weighted by Crippen LogP contribution is -2.01. The summed E-state index contributed by atoms with van der Waals surface area (Å²) in [4.78, 5) is 8.26. The van der Waals surface area contributed by atoms with Crippen molar-refractivity contribution in [3.8, 4) is 22.6 Å². The van der Waals surface area contributed by atoms with Gasteiger partial charge in [0.1, 0.15) is 0 Å². The zero-order valence-corrected chi connectivity index (χ0v) is 15.6. The maximum atomic E-state index is 6.15. The number of hydrogen-bond donors (Lipinski definition) is 1. The summed E-state index contributed by atoms with van der Waals surface area (Å²) in [5, 5.41) is 2.61. The van der Waals surface area contributed by atoms with E-state index in [9.17, 15) is 0 Å². The largest absolute Gasteiger partial charge is 0.353 e. The number of halogens is 2. The first-order valence-corrected chi connectivity index (χ1v) is 9.53. The van der Waals surface area contributed by atoms with Crippen LogP contribution in [0.4, 0.5) is 0 Å². The number of H-pyrrole nitrogens is 1. The normalized spacial score (nSPS) is 14.2. The van der Waals surface area contributed by atoms with Crippen molar-refractivity contribution < 1.29 is 0 Å². The molecule has 2 aromatic carbocycles. The van der Waals surface area contributed by atoms with Crippen molar-refractivity contribution >= 4 is 34.1 Å². The molecule has 2 heterocycles. The summed E-state index contributed by atoms with van der Waals surface area (Å²) in [7, 11) is 0. The molecule has 0 spiro atoms. The number of fused-ring (bicyclic) bond motifs is 1. The van der Waals surface area contributed by atoms with E-state index in [0.717, 1.165) is 56.1 Å². The molecule has 4 aromatic rings. The Bertz CT molecular complexity index is 1090. The second kappa shape index (κ2) is 6.19. The molecule has 3 nitrogen and oxygen atoms in total. The minimum Gasteiger partial charge on any atom is -0.353 e. The minimum atomic E-state index is 0.730. The lowest BCUT2D eigenvalue weighted by atomic mass is 10.1. The Morgan fingerprint density at radius 2 is 1.77 bits per heavy atom. The van der Waals surface area contributed by atoms with Crippen LogP contribution < -0.4 is 0 Å². The number of aromatic amines is 1. The number of hydrogen-bond acceptors (Lipinski definition) is 1. The highest BCUT2D eigenvalue weighted by atomic mass is 35.5. The van der Waals surface area contributed by atoms with Crippen molar-refractivity contribution in [1.29, 1.82) is 0 Å². The molecule has 0 unspecified atom stereocenters. The van der Waals surface area contributed by atoms with Gasteiger partial charge >= 0.3 is 0 Å². The van der Waals surface area contributed by atoms with Crippen LogP contribution in [0.25, 0.3) is 33.5 Å². The molecular weight excluding hydrogens is 365 g/mol. The van der Waals surface area contributed by atoms with E-state index >= 15 is 0 Å². The predicted molar refractivity (Wildman–Crippen MR) is 108 cm³/mol. The lowest BCUT2D eigenvalue weighted by Gasteiger charge is -2.09. The molecule has 1 aliphatic rings. The van der Waals surface area contributed by atoms with Crippen LogP contribution in [0.2, 0.25) is 10.0 Å².